The van der Waals surface area contributed by atoms with Gasteiger partial charge in [-0.2, -0.15) is 9.40 Å². The van der Waals surface area contributed by atoms with Gasteiger partial charge in [-0.1, -0.05) is 23.7 Å². The van der Waals surface area contributed by atoms with Crippen LogP contribution in [0, 0.1) is 13.8 Å². The average Bonchev–Trinajstić information content (AvgIpc) is 3.18. The second-order valence-corrected chi connectivity index (χ2v) is 8.98. The third-order valence-electron chi connectivity index (χ3n) is 4.46. The lowest BCUT2D eigenvalue weighted by Gasteiger charge is -2.18. The Balaban J connectivity index is 1.79. The topological polar surface area (TPSA) is 97.2 Å². The van der Waals surface area contributed by atoms with E-state index in [1.165, 1.54) is 30.5 Å². The number of sulfonamides is 1. The second kappa shape index (κ2) is 8.32. The van der Waals surface area contributed by atoms with Crippen LogP contribution in [-0.4, -0.2) is 47.0 Å². The van der Waals surface area contributed by atoms with Crippen LogP contribution in [-0.2, 0) is 14.8 Å². The van der Waals surface area contributed by atoms with E-state index in [0.717, 1.165) is 15.4 Å². The van der Waals surface area contributed by atoms with E-state index in [4.69, 9.17) is 11.6 Å². The van der Waals surface area contributed by atoms with Crippen LogP contribution in [0.3, 0.4) is 0 Å². The minimum Gasteiger partial charge on any atom is -0.323 e. The molecule has 0 bridgehead atoms. The number of halogens is 1. The summed E-state index contributed by atoms with van der Waals surface area (Å²) in [6, 6.07) is 9.86. The van der Waals surface area contributed by atoms with Gasteiger partial charge in [-0.25, -0.2) is 18.1 Å². The molecule has 29 heavy (non-hydrogen) atoms. The number of hydrogen-bond donors (Lipinski definition) is 1. The fraction of sp³-hybridized carbons (Fsp3) is 0.211. The molecule has 1 amide bonds. The zero-order valence-corrected chi connectivity index (χ0v) is 17.7. The van der Waals surface area contributed by atoms with Gasteiger partial charge in [0.25, 0.3) is 0 Å². The molecule has 0 fully saturated rings. The van der Waals surface area contributed by atoms with Crippen molar-refractivity contribution in [3.05, 3.63) is 65.2 Å². The van der Waals surface area contributed by atoms with Crippen LogP contribution in [0.1, 0.15) is 11.1 Å². The number of likely N-dealkylation sites (N-methyl/N-ethyl adjacent to an activating group) is 1. The monoisotopic (exact) mass is 433 g/mol. The third kappa shape index (κ3) is 4.47. The van der Waals surface area contributed by atoms with Gasteiger partial charge < -0.3 is 5.32 Å². The van der Waals surface area contributed by atoms with Crippen molar-refractivity contribution in [1.29, 1.82) is 0 Å². The number of anilines is 1. The lowest BCUT2D eigenvalue weighted by atomic mass is 10.1. The number of aryl methyl sites for hydroxylation is 2. The molecule has 10 heteroatoms. The van der Waals surface area contributed by atoms with Crippen molar-refractivity contribution in [2.45, 2.75) is 18.7 Å². The third-order valence-corrected chi connectivity index (χ3v) is 6.57. The number of carbonyl (C=O) groups is 1. The lowest BCUT2D eigenvalue weighted by Crippen LogP contribution is -2.35. The number of nitrogens with zero attached hydrogens (tertiary/aromatic N) is 4. The van der Waals surface area contributed by atoms with E-state index in [1.54, 1.807) is 30.3 Å². The Bertz CT molecular complexity index is 1150. The van der Waals surface area contributed by atoms with E-state index in [1.807, 2.05) is 13.8 Å². The van der Waals surface area contributed by atoms with Gasteiger partial charge in [-0.05, 0) is 49.2 Å². The summed E-state index contributed by atoms with van der Waals surface area (Å²) in [5.74, 6) is -0.511. The van der Waals surface area contributed by atoms with Crippen molar-refractivity contribution >= 4 is 33.2 Å². The van der Waals surface area contributed by atoms with Gasteiger partial charge in [-0.15, -0.1) is 0 Å². The predicted octanol–water partition coefficient (Wildman–Crippen LogP) is 2.80. The Kier molecular flexibility index (Phi) is 6.02. The number of hydrogen-bond acceptors (Lipinski definition) is 5. The van der Waals surface area contributed by atoms with Crippen molar-refractivity contribution < 1.29 is 13.2 Å². The van der Waals surface area contributed by atoms with Gasteiger partial charge in [0.2, 0.25) is 15.9 Å². The molecule has 3 rings (SSSR count). The Morgan fingerprint density at radius 1 is 1.21 bits per heavy atom. The maximum Gasteiger partial charge on any atom is 0.243 e. The number of nitrogens with one attached hydrogen (secondary N) is 1. The first-order chi connectivity index (χ1) is 13.7. The highest BCUT2D eigenvalue weighted by Crippen LogP contribution is 2.28. The zero-order chi connectivity index (χ0) is 21.2. The molecule has 1 heterocycles. The minimum absolute atomic E-state index is 0.141. The van der Waals surface area contributed by atoms with E-state index in [-0.39, 0.29) is 11.4 Å². The number of aromatic nitrogens is 3. The molecular formula is C19H20ClN5O3S. The summed E-state index contributed by atoms with van der Waals surface area (Å²) in [7, 11) is -2.45. The van der Waals surface area contributed by atoms with E-state index >= 15 is 0 Å². The maximum atomic E-state index is 12.8. The zero-order valence-electron chi connectivity index (χ0n) is 16.1. The molecule has 0 unspecified atom stereocenters. The van der Waals surface area contributed by atoms with Crippen LogP contribution in [0.5, 0.6) is 0 Å². The number of amides is 1. The lowest BCUT2D eigenvalue weighted by molar-refractivity contribution is -0.116. The van der Waals surface area contributed by atoms with E-state index in [9.17, 15) is 13.2 Å². The van der Waals surface area contributed by atoms with Gasteiger partial charge in [0.1, 0.15) is 18.3 Å². The van der Waals surface area contributed by atoms with Crippen LogP contribution in [0.4, 0.5) is 5.69 Å². The first kappa shape index (κ1) is 21.0. The smallest absolute Gasteiger partial charge is 0.243 e. The first-order valence-corrected chi connectivity index (χ1v) is 10.5. The molecule has 0 aliphatic heterocycles. The summed E-state index contributed by atoms with van der Waals surface area (Å²) < 4.78 is 28.0. The Morgan fingerprint density at radius 3 is 2.62 bits per heavy atom. The second-order valence-electron chi connectivity index (χ2n) is 6.53. The van der Waals surface area contributed by atoms with Crippen molar-refractivity contribution in [3.8, 4) is 5.69 Å². The van der Waals surface area contributed by atoms with Crippen molar-refractivity contribution in [2.24, 2.45) is 0 Å². The molecule has 0 spiro atoms. The van der Waals surface area contributed by atoms with E-state index in [2.05, 4.69) is 15.4 Å². The quantitative estimate of drug-likeness (QED) is 0.644. The molecule has 0 radical (unpaired) electrons. The van der Waals surface area contributed by atoms with Crippen LogP contribution in [0.25, 0.3) is 5.69 Å². The Morgan fingerprint density at radius 2 is 1.97 bits per heavy atom. The summed E-state index contributed by atoms with van der Waals surface area (Å²) in [6.45, 7) is 3.38. The molecule has 0 saturated heterocycles. The van der Waals surface area contributed by atoms with Gasteiger partial charge in [-0.3, -0.25) is 4.79 Å². The van der Waals surface area contributed by atoms with Crippen LogP contribution in [0.15, 0.2) is 53.9 Å². The SMILES string of the molecule is Cc1ccc(S(=O)(=O)N(C)CC(=O)Nc2cccc(Cl)c2-n2cncn2)cc1C. The molecule has 0 saturated carbocycles. The Labute approximate surface area is 174 Å². The molecule has 0 aliphatic rings. The summed E-state index contributed by atoms with van der Waals surface area (Å²) >= 11 is 6.24. The van der Waals surface area contributed by atoms with E-state index < -0.39 is 15.9 Å². The number of para-hydroxylation sites is 1. The predicted molar refractivity (Wildman–Crippen MR) is 111 cm³/mol. The molecule has 2 aromatic carbocycles. The van der Waals surface area contributed by atoms with Gasteiger partial charge in [0.05, 0.1) is 22.2 Å². The molecule has 8 nitrogen and oxygen atoms in total. The number of carbonyl (C=O) groups excluding carboxylic acids is 1. The van der Waals surface area contributed by atoms with E-state index in [0.29, 0.717) is 16.4 Å². The molecular weight excluding hydrogens is 414 g/mol. The molecule has 1 aromatic heterocycles. The van der Waals surface area contributed by atoms with Gasteiger partial charge in [0.15, 0.2) is 0 Å². The van der Waals surface area contributed by atoms with Crippen LogP contribution >= 0.6 is 11.6 Å². The normalized spacial score (nSPS) is 11.6. The van der Waals surface area contributed by atoms with Crippen molar-refractivity contribution in [2.75, 3.05) is 18.9 Å². The molecule has 152 valence electrons. The maximum absolute atomic E-state index is 12.8. The van der Waals surface area contributed by atoms with Crippen molar-refractivity contribution in [1.82, 2.24) is 19.1 Å². The fourth-order valence-corrected chi connectivity index (χ4v) is 4.18. The summed E-state index contributed by atoms with van der Waals surface area (Å²) in [6.07, 6.45) is 2.80. The number of benzene rings is 2. The largest absolute Gasteiger partial charge is 0.323 e. The van der Waals surface area contributed by atoms with Crippen LogP contribution < -0.4 is 5.32 Å². The highest BCUT2D eigenvalue weighted by atomic mass is 35.5. The van der Waals surface area contributed by atoms with Crippen LogP contribution in [0.2, 0.25) is 5.02 Å². The van der Waals surface area contributed by atoms with Gasteiger partial charge >= 0.3 is 0 Å². The first-order valence-electron chi connectivity index (χ1n) is 8.67. The fourth-order valence-electron chi connectivity index (χ4n) is 2.70. The molecule has 1 N–H and O–H groups in total. The number of rotatable bonds is 6. The molecule has 3 aromatic rings. The highest BCUT2D eigenvalue weighted by Gasteiger charge is 2.24. The average molecular weight is 434 g/mol. The molecule has 0 aliphatic carbocycles. The standard InChI is InChI=1S/C19H20ClN5O3S/c1-13-7-8-15(9-14(13)2)29(27,28)24(3)10-18(26)23-17-6-4-5-16(20)19(17)25-12-21-11-22-25/h4-9,11-12H,10H2,1-3H3,(H,23,26). The summed E-state index contributed by atoms with van der Waals surface area (Å²) in [5, 5.41) is 7.10. The summed E-state index contributed by atoms with van der Waals surface area (Å²) in [4.78, 5) is 16.6. The summed E-state index contributed by atoms with van der Waals surface area (Å²) in [5.41, 5.74) is 2.69. The van der Waals surface area contributed by atoms with Gasteiger partial charge in [0, 0.05) is 7.05 Å². The minimum atomic E-state index is -3.81. The van der Waals surface area contributed by atoms with Crippen molar-refractivity contribution in [3.63, 3.8) is 0 Å². The Hall–Kier alpha value is -2.75. The molecule has 0 atom stereocenters. The highest BCUT2D eigenvalue weighted by molar-refractivity contribution is 7.89.